The molecule has 1 N–H and O–H groups in total. The lowest BCUT2D eigenvalue weighted by Crippen LogP contribution is -2.43. The van der Waals surface area contributed by atoms with Crippen molar-refractivity contribution in [1.29, 1.82) is 0 Å². The maximum absolute atomic E-state index is 13.3. The van der Waals surface area contributed by atoms with Crippen LogP contribution < -0.4 is 5.32 Å². The first-order chi connectivity index (χ1) is 12.3. The predicted molar refractivity (Wildman–Crippen MR) is 89.2 cm³/mol. The van der Waals surface area contributed by atoms with E-state index in [-0.39, 0.29) is 6.54 Å². The quantitative estimate of drug-likeness (QED) is 0.826. The van der Waals surface area contributed by atoms with Crippen molar-refractivity contribution in [1.82, 2.24) is 15.1 Å². The molecule has 7 nitrogen and oxygen atoms in total. The number of urea groups is 1. The van der Waals surface area contributed by atoms with Gasteiger partial charge in [0.05, 0.1) is 6.26 Å². The van der Waals surface area contributed by atoms with Crippen molar-refractivity contribution in [2.24, 2.45) is 0 Å². The molecular weight excluding hydrogens is 341 g/mol. The van der Waals surface area contributed by atoms with Crippen LogP contribution in [0.3, 0.4) is 0 Å². The van der Waals surface area contributed by atoms with Crippen LogP contribution in [0.5, 0.6) is 0 Å². The van der Waals surface area contributed by atoms with E-state index in [1.807, 2.05) is 0 Å². The lowest BCUT2D eigenvalue weighted by atomic mass is 9.99. The van der Waals surface area contributed by atoms with E-state index in [1.54, 1.807) is 24.3 Å². The van der Waals surface area contributed by atoms with Crippen molar-refractivity contribution >= 4 is 17.8 Å². The lowest BCUT2D eigenvalue weighted by molar-refractivity contribution is -0.138. The van der Waals surface area contributed by atoms with Gasteiger partial charge in [-0.1, -0.05) is 12.1 Å². The molecule has 1 saturated heterocycles. The van der Waals surface area contributed by atoms with Crippen LogP contribution in [0, 0.1) is 5.82 Å². The van der Waals surface area contributed by atoms with E-state index in [9.17, 15) is 18.8 Å². The number of carbonyl (C=O) groups excluding carboxylic acids is 3. The summed E-state index contributed by atoms with van der Waals surface area (Å²) in [6.07, 6.45) is 1.40. The third-order valence-corrected chi connectivity index (χ3v) is 4.32. The average Bonchev–Trinajstić information content (AvgIpc) is 3.19. The molecule has 0 bridgehead atoms. The number of nitrogens with one attached hydrogen (secondary N) is 1. The van der Waals surface area contributed by atoms with E-state index >= 15 is 0 Å². The summed E-state index contributed by atoms with van der Waals surface area (Å²) in [5, 5.41) is 2.56. The third-order valence-electron chi connectivity index (χ3n) is 4.32. The van der Waals surface area contributed by atoms with Crippen LogP contribution in [-0.4, -0.2) is 41.2 Å². The normalized spacial score (nSPS) is 19.6. The molecule has 0 spiro atoms. The summed E-state index contributed by atoms with van der Waals surface area (Å²) < 4.78 is 18.5. The minimum atomic E-state index is -1.35. The molecule has 2 aromatic rings. The van der Waals surface area contributed by atoms with Gasteiger partial charge in [-0.2, -0.15) is 0 Å². The number of carbonyl (C=O) groups is 3. The number of likely N-dealkylation sites (N-methyl/N-ethyl adjacent to an activating group) is 1. The van der Waals surface area contributed by atoms with E-state index in [0.29, 0.717) is 11.3 Å². The Balaban J connectivity index is 1.69. The van der Waals surface area contributed by atoms with Crippen molar-refractivity contribution in [3.8, 4) is 0 Å². The number of benzene rings is 1. The van der Waals surface area contributed by atoms with Gasteiger partial charge < -0.3 is 14.6 Å². The fraction of sp³-hybridized carbons (Fsp3) is 0.278. The fourth-order valence-electron chi connectivity index (χ4n) is 2.82. The molecule has 1 unspecified atom stereocenters. The topological polar surface area (TPSA) is 82.9 Å². The zero-order valence-corrected chi connectivity index (χ0v) is 14.4. The Kier molecular flexibility index (Phi) is 4.50. The highest BCUT2D eigenvalue weighted by atomic mass is 19.1. The van der Waals surface area contributed by atoms with Gasteiger partial charge in [0, 0.05) is 13.6 Å². The maximum atomic E-state index is 13.3. The van der Waals surface area contributed by atoms with Crippen LogP contribution in [0.25, 0.3) is 0 Å². The van der Waals surface area contributed by atoms with Crippen LogP contribution in [0.4, 0.5) is 9.18 Å². The largest absolute Gasteiger partial charge is 0.466 e. The summed E-state index contributed by atoms with van der Waals surface area (Å²) in [4.78, 5) is 39.4. The fourth-order valence-corrected chi connectivity index (χ4v) is 2.82. The number of hydrogen-bond acceptors (Lipinski definition) is 4. The Labute approximate surface area is 149 Å². The van der Waals surface area contributed by atoms with E-state index in [4.69, 9.17) is 4.42 Å². The number of halogens is 1. The molecule has 0 aliphatic carbocycles. The molecule has 1 fully saturated rings. The zero-order valence-electron chi connectivity index (χ0n) is 14.4. The van der Waals surface area contributed by atoms with Crippen molar-refractivity contribution in [3.63, 3.8) is 0 Å². The molecule has 1 atom stereocenters. The molecule has 26 heavy (non-hydrogen) atoms. The number of amides is 4. The van der Waals surface area contributed by atoms with Crippen LogP contribution in [0.1, 0.15) is 18.2 Å². The Morgan fingerprint density at radius 3 is 2.73 bits per heavy atom. The summed E-state index contributed by atoms with van der Waals surface area (Å²) in [6, 6.07) is 8.41. The van der Waals surface area contributed by atoms with Crippen molar-refractivity contribution in [2.45, 2.75) is 19.0 Å². The third kappa shape index (κ3) is 3.17. The number of imide groups is 1. The SMILES string of the molecule is CN(Cc1cccc(F)c1)C(=O)CN1C(=O)NC(C)(c2ccco2)C1=O. The van der Waals surface area contributed by atoms with Crippen molar-refractivity contribution < 1.29 is 23.2 Å². The summed E-state index contributed by atoms with van der Waals surface area (Å²) >= 11 is 0. The molecule has 136 valence electrons. The van der Waals surface area contributed by atoms with Gasteiger partial charge in [-0.3, -0.25) is 14.5 Å². The molecular formula is C18H18FN3O4. The molecule has 1 aliphatic heterocycles. The number of hydrogen-bond donors (Lipinski definition) is 1. The van der Waals surface area contributed by atoms with Gasteiger partial charge in [0.15, 0.2) is 5.54 Å². The Bertz CT molecular complexity index is 852. The average molecular weight is 359 g/mol. The summed E-state index contributed by atoms with van der Waals surface area (Å²) in [7, 11) is 1.53. The van der Waals surface area contributed by atoms with E-state index in [1.165, 1.54) is 37.3 Å². The van der Waals surface area contributed by atoms with Gasteiger partial charge in [-0.05, 0) is 36.8 Å². The van der Waals surface area contributed by atoms with E-state index in [0.717, 1.165) is 4.90 Å². The van der Waals surface area contributed by atoms with Crippen LogP contribution in [0.2, 0.25) is 0 Å². The lowest BCUT2D eigenvalue weighted by Gasteiger charge is -2.21. The predicted octanol–water partition coefficient (Wildman–Crippen LogP) is 1.84. The molecule has 1 aromatic heterocycles. The summed E-state index contributed by atoms with van der Waals surface area (Å²) in [5.74, 6) is -1.11. The molecule has 1 aliphatic rings. The zero-order chi connectivity index (χ0) is 18.9. The standard InChI is InChI=1S/C18H18FN3O4/c1-18(14-7-4-8-26-14)16(24)22(17(25)20-18)11-15(23)21(2)10-12-5-3-6-13(19)9-12/h3-9H,10-11H2,1-2H3,(H,20,25). The van der Waals surface area contributed by atoms with Crippen LogP contribution in [0.15, 0.2) is 47.1 Å². The highest BCUT2D eigenvalue weighted by Gasteiger charge is 2.51. The first-order valence-electron chi connectivity index (χ1n) is 7.98. The summed E-state index contributed by atoms with van der Waals surface area (Å²) in [6.45, 7) is 1.27. The highest BCUT2D eigenvalue weighted by Crippen LogP contribution is 2.29. The van der Waals surface area contributed by atoms with Gasteiger partial charge >= 0.3 is 6.03 Å². The Hall–Kier alpha value is -3.16. The minimum Gasteiger partial charge on any atom is -0.466 e. The van der Waals surface area contributed by atoms with Gasteiger partial charge in [0.25, 0.3) is 5.91 Å². The molecule has 0 saturated carbocycles. The van der Waals surface area contributed by atoms with Crippen LogP contribution in [-0.2, 0) is 21.7 Å². The second-order valence-electron chi connectivity index (χ2n) is 6.30. The summed E-state index contributed by atoms with van der Waals surface area (Å²) in [5.41, 5.74) is -0.736. The number of furan rings is 1. The van der Waals surface area contributed by atoms with Gasteiger partial charge in [-0.25, -0.2) is 9.18 Å². The molecule has 8 heteroatoms. The van der Waals surface area contributed by atoms with E-state index in [2.05, 4.69) is 5.32 Å². The first kappa shape index (κ1) is 17.7. The minimum absolute atomic E-state index is 0.162. The number of nitrogens with zero attached hydrogens (tertiary/aromatic N) is 2. The smallest absolute Gasteiger partial charge is 0.325 e. The van der Waals surface area contributed by atoms with Crippen molar-refractivity contribution in [3.05, 3.63) is 59.8 Å². The first-order valence-corrected chi connectivity index (χ1v) is 7.98. The maximum Gasteiger partial charge on any atom is 0.325 e. The molecule has 1 aromatic carbocycles. The molecule has 2 heterocycles. The van der Waals surface area contributed by atoms with Gasteiger partial charge in [0.2, 0.25) is 5.91 Å². The van der Waals surface area contributed by atoms with Gasteiger partial charge in [-0.15, -0.1) is 0 Å². The molecule has 4 amide bonds. The van der Waals surface area contributed by atoms with Crippen molar-refractivity contribution in [2.75, 3.05) is 13.6 Å². The second-order valence-corrected chi connectivity index (χ2v) is 6.30. The Morgan fingerprint density at radius 2 is 2.08 bits per heavy atom. The van der Waals surface area contributed by atoms with Gasteiger partial charge in [0.1, 0.15) is 18.1 Å². The monoisotopic (exact) mass is 359 g/mol. The molecule has 3 rings (SSSR count). The van der Waals surface area contributed by atoms with E-state index < -0.39 is 35.7 Å². The molecule has 0 radical (unpaired) electrons. The second kappa shape index (κ2) is 6.62. The Morgan fingerprint density at radius 1 is 1.31 bits per heavy atom. The number of rotatable bonds is 5. The van der Waals surface area contributed by atoms with Crippen LogP contribution >= 0.6 is 0 Å². The highest BCUT2D eigenvalue weighted by molar-refractivity contribution is 6.08.